The van der Waals surface area contributed by atoms with Crippen LogP contribution in [0.3, 0.4) is 0 Å². The maximum Gasteiger partial charge on any atom is 0.280 e. The van der Waals surface area contributed by atoms with Crippen LogP contribution in [0.25, 0.3) is 5.65 Å². The number of carbonyl (C=O) groups is 2. The summed E-state index contributed by atoms with van der Waals surface area (Å²) >= 11 is 0. The number of aryl methyl sites for hydroxylation is 1. The molecule has 0 atom stereocenters. The number of aromatic nitrogens is 4. The van der Waals surface area contributed by atoms with Gasteiger partial charge in [0.25, 0.3) is 11.8 Å². The molecule has 3 heterocycles. The fraction of sp³-hybridized carbons (Fsp3) is 0.143. The normalized spacial score (nSPS) is 11.1. The van der Waals surface area contributed by atoms with E-state index in [-0.39, 0.29) is 17.5 Å². The molecule has 0 aliphatic heterocycles. The molecule has 2 aromatic carbocycles. The van der Waals surface area contributed by atoms with Crippen molar-refractivity contribution in [3.63, 3.8) is 0 Å². The van der Waals surface area contributed by atoms with E-state index in [2.05, 4.69) is 31.8 Å². The Morgan fingerprint density at radius 3 is 2.69 bits per heavy atom. The van der Waals surface area contributed by atoms with Gasteiger partial charge in [-0.15, -0.1) is 5.10 Å². The first-order valence-electron chi connectivity index (χ1n) is 11.9. The van der Waals surface area contributed by atoms with Crippen LogP contribution in [0.1, 0.15) is 45.8 Å². The maximum absolute atomic E-state index is 12.9. The molecule has 0 bridgehead atoms. The summed E-state index contributed by atoms with van der Waals surface area (Å²) in [6.07, 6.45) is 4.01. The molecule has 0 aliphatic rings. The predicted octanol–water partition coefficient (Wildman–Crippen LogP) is 5.12. The molecule has 0 saturated heterocycles. The number of hydrogen-bond donors (Lipinski definition) is 2. The van der Waals surface area contributed by atoms with Crippen LogP contribution >= 0.6 is 0 Å². The minimum absolute atomic E-state index is 0.100. The summed E-state index contributed by atoms with van der Waals surface area (Å²) < 4.78 is 12.4. The smallest absolute Gasteiger partial charge is 0.280 e. The predicted molar refractivity (Wildman–Crippen MR) is 142 cm³/mol. The lowest BCUT2D eigenvalue weighted by Crippen LogP contribution is -2.17. The number of fused-ring (bicyclic) bond motifs is 1. The number of hydrogen-bond acceptors (Lipinski definition) is 8. The van der Waals surface area contributed by atoms with Crippen LogP contribution in [-0.4, -0.2) is 31.4 Å². The van der Waals surface area contributed by atoms with E-state index in [1.165, 1.54) is 10.8 Å². The van der Waals surface area contributed by atoms with Gasteiger partial charge in [0.2, 0.25) is 5.95 Å². The summed E-state index contributed by atoms with van der Waals surface area (Å²) in [5, 5.41) is 19.1. The first kappa shape index (κ1) is 25.2. The van der Waals surface area contributed by atoms with Crippen molar-refractivity contribution in [3.05, 3.63) is 95.8 Å². The zero-order valence-electron chi connectivity index (χ0n) is 21.3. The van der Waals surface area contributed by atoms with Crippen molar-refractivity contribution >= 4 is 29.1 Å². The minimum atomic E-state index is -0.713. The van der Waals surface area contributed by atoms with Crippen molar-refractivity contribution in [2.24, 2.45) is 0 Å². The fourth-order valence-corrected chi connectivity index (χ4v) is 3.70. The number of pyridine rings is 1. The number of nitrogens with zero attached hydrogens (tertiary/aromatic N) is 5. The molecule has 5 aromatic rings. The molecule has 0 radical (unpaired) electrons. The molecule has 11 heteroatoms. The summed E-state index contributed by atoms with van der Waals surface area (Å²) in [6.45, 7) is 5.50. The lowest BCUT2D eigenvalue weighted by Gasteiger charge is -2.16. The first-order valence-corrected chi connectivity index (χ1v) is 11.9. The van der Waals surface area contributed by atoms with Crippen molar-refractivity contribution in [3.8, 4) is 17.6 Å². The van der Waals surface area contributed by atoms with Crippen molar-refractivity contribution in [1.29, 1.82) is 5.26 Å². The highest BCUT2D eigenvalue weighted by atomic mass is 16.5. The van der Waals surface area contributed by atoms with Gasteiger partial charge in [0, 0.05) is 17.3 Å². The number of anilines is 2. The average molecular weight is 522 g/mol. The second-order valence-corrected chi connectivity index (χ2v) is 9.28. The molecule has 3 aromatic heterocycles. The highest BCUT2D eigenvalue weighted by molar-refractivity contribution is 6.04. The van der Waals surface area contributed by atoms with Gasteiger partial charge in [0.1, 0.15) is 17.8 Å². The van der Waals surface area contributed by atoms with Crippen LogP contribution in [0.5, 0.6) is 11.5 Å². The maximum atomic E-state index is 12.9. The summed E-state index contributed by atoms with van der Waals surface area (Å²) in [4.78, 5) is 33.2. The second kappa shape index (κ2) is 10.1. The Morgan fingerprint density at radius 2 is 1.92 bits per heavy atom. The van der Waals surface area contributed by atoms with E-state index in [0.717, 1.165) is 17.5 Å². The fourth-order valence-electron chi connectivity index (χ4n) is 3.70. The van der Waals surface area contributed by atoms with Gasteiger partial charge in [-0.3, -0.25) is 14.9 Å². The van der Waals surface area contributed by atoms with E-state index in [9.17, 15) is 14.9 Å². The monoisotopic (exact) mass is 521 g/mol. The molecular formula is C28H23N7O4. The summed E-state index contributed by atoms with van der Waals surface area (Å²) in [7, 11) is 0. The highest BCUT2D eigenvalue weighted by Gasteiger charge is 2.21. The summed E-state index contributed by atoms with van der Waals surface area (Å²) in [5.74, 6) is 0.310. The van der Waals surface area contributed by atoms with Gasteiger partial charge in [-0.05, 0) is 62.2 Å². The zero-order valence-corrected chi connectivity index (χ0v) is 21.3. The lowest BCUT2D eigenvalue weighted by molar-refractivity contribution is 0.101. The van der Waals surface area contributed by atoms with Crippen LogP contribution in [0, 0.1) is 18.3 Å². The Kier molecular flexibility index (Phi) is 6.52. The van der Waals surface area contributed by atoms with Gasteiger partial charge in [0.05, 0.1) is 17.7 Å². The standard InChI is InChI=1S/C28H23N7O4/c1-17-7-8-20(31-25(36)18-5-4-6-19(11-18)28(2,3)15-29)12-23(17)39-21-9-10-24-32-27(34-35(24)13-21)33-26(37)22-14-38-16-30-22/h4-14,16H,1-3H3,(H,31,36)(H,33,34,37). The molecule has 0 spiro atoms. The quantitative estimate of drug-likeness (QED) is 0.300. The van der Waals surface area contributed by atoms with E-state index < -0.39 is 11.3 Å². The Balaban J connectivity index is 1.31. The van der Waals surface area contributed by atoms with Crippen molar-refractivity contribution in [1.82, 2.24) is 19.6 Å². The van der Waals surface area contributed by atoms with Crippen LogP contribution in [-0.2, 0) is 5.41 Å². The van der Waals surface area contributed by atoms with Gasteiger partial charge in [0.15, 0.2) is 17.7 Å². The first-order chi connectivity index (χ1) is 18.7. The average Bonchev–Trinajstić information content (AvgIpc) is 3.60. The molecule has 0 aliphatic carbocycles. The van der Waals surface area contributed by atoms with E-state index in [1.807, 2.05) is 19.1 Å². The number of amides is 2. The lowest BCUT2D eigenvalue weighted by atomic mass is 9.85. The van der Waals surface area contributed by atoms with Gasteiger partial charge in [-0.1, -0.05) is 18.2 Å². The van der Waals surface area contributed by atoms with Crippen LogP contribution in [0.15, 0.2) is 77.9 Å². The topological polar surface area (TPSA) is 147 Å². The van der Waals surface area contributed by atoms with Crippen molar-refractivity contribution in [2.45, 2.75) is 26.2 Å². The van der Waals surface area contributed by atoms with Gasteiger partial charge in [-0.25, -0.2) is 9.50 Å². The van der Waals surface area contributed by atoms with Crippen LogP contribution < -0.4 is 15.4 Å². The molecule has 194 valence electrons. The Bertz CT molecular complexity index is 1730. The zero-order chi connectivity index (χ0) is 27.6. The molecule has 0 unspecified atom stereocenters. The molecule has 0 saturated carbocycles. The van der Waals surface area contributed by atoms with Crippen LogP contribution in [0.4, 0.5) is 11.6 Å². The number of oxazole rings is 1. The number of nitrogens with one attached hydrogen (secondary N) is 2. The third kappa shape index (κ3) is 5.45. The number of benzene rings is 2. The van der Waals surface area contributed by atoms with Gasteiger partial charge >= 0.3 is 0 Å². The number of ether oxygens (including phenoxy) is 1. The number of rotatable bonds is 7. The third-order valence-corrected chi connectivity index (χ3v) is 5.99. The Hall–Kier alpha value is -5.50. The number of nitriles is 1. The largest absolute Gasteiger partial charge is 0.455 e. The molecule has 2 amide bonds. The SMILES string of the molecule is Cc1ccc(NC(=O)c2cccc(C(C)(C)C#N)c2)cc1Oc1ccc2nc(NC(=O)c3cocn3)nn2c1. The molecule has 39 heavy (non-hydrogen) atoms. The van der Waals surface area contributed by atoms with Crippen molar-refractivity contribution < 1.29 is 18.7 Å². The Morgan fingerprint density at radius 1 is 1.08 bits per heavy atom. The second-order valence-electron chi connectivity index (χ2n) is 9.28. The summed E-state index contributed by atoms with van der Waals surface area (Å²) in [6, 6.07) is 18.0. The molecule has 5 rings (SSSR count). The highest BCUT2D eigenvalue weighted by Crippen LogP contribution is 2.29. The molecule has 2 N–H and O–H groups in total. The van der Waals surface area contributed by atoms with Crippen LogP contribution in [0.2, 0.25) is 0 Å². The van der Waals surface area contributed by atoms with Gasteiger partial charge < -0.3 is 14.5 Å². The van der Waals surface area contributed by atoms with Crippen molar-refractivity contribution in [2.75, 3.05) is 10.6 Å². The summed E-state index contributed by atoms with van der Waals surface area (Å²) in [5.41, 5.74) is 2.50. The minimum Gasteiger partial charge on any atom is -0.455 e. The van der Waals surface area contributed by atoms with E-state index >= 15 is 0 Å². The van der Waals surface area contributed by atoms with E-state index in [4.69, 9.17) is 9.15 Å². The molecule has 0 fully saturated rings. The Labute approximate surface area is 223 Å². The van der Waals surface area contributed by atoms with Gasteiger partial charge in [-0.2, -0.15) is 10.2 Å². The van der Waals surface area contributed by atoms with E-state index in [1.54, 1.807) is 62.5 Å². The molecule has 11 nitrogen and oxygen atoms in total. The van der Waals surface area contributed by atoms with E-state index in [0.29, 0.717) is 28.4 Å². The third-order valence-electron chi connectivity index (χ3n) is 5.99. The number of carbonyl (C=O) groups excluding carboxylic acids is 2. The molecular weight excluding hydrogens is 498 g/mol.